The molecule has 1 atom stereocenters. The third-order valence-electron chi connectivity index (χ3n) is 4.43. The van der Waals surface area contributed by atoms with Crippen LogP contribution in [0.4, 0.5) is 0 Å². The monoisotopic (exact) mass is 303 g/mol. The summed E-state index contributed by atoms with van der Waals surface area (Å²) in [5.41, 5.74) is 0. The van der Waals surface area contributed by atoms with Crippen LogP contribution in [0.15, 0.2) is 0 Å². The van der Waals surface area contributed by atoms with E-state index in [-0.39, 0.29) is 5.75 Å². The van der Waals surface area contributed by atoms with Crippen LogP contribution in [-0.2, 0) is 10.0 Å². The molecule has 2 aliphatic heterocycles. The molecule has 0 aliphatic carbocycles. The van der Waals surface area contributed by atoms with Gasteiger partial charge in [-0.3, -0.25) is 4.90 Å². The summed E-state index contributed by atoms with van der Waals surface area (Å²) >= 11 is 0. The summed E-state index contributed by atoms with van der Waals surface area (Å²) in [7, 11) is -3.05. The van der Waals surface area contributed by atoms with E-state index in [1.165, 1.54) is 19.3 Å². The molecule has 118 valence electrons. The van der Waals surface area contributed by atoms with Crippen LogP contribution < -0.4 is 5.32 Å². The number of hydrogen-bond acceptors (Lipinski definition) is 4. The summed E-state index contributed by atoms with van der Waals surface area (Å²) in [5, 5.41) is 3.18. The first-order valence-electron chi connectivity index (χ1n) is 8.06. The Morgan fingerprint density at radius 1 is 1.15 bits per heavy atom. The molecule has 0 radical (unpaired) electrons. The fraction of sp³-hybridized carbons (Fsp3) is 1.00. The van der Waals surface area contributed by atoms with Crippen molar-refractivity contribution in [1.29, 1.82) is 0 Å². The van der Waals surface area contributed by atoms with Gasteiger partial charge in [-0.1, -0.05) is 13.3 Å². The van der Waals surface area contributed by atoms with Gasteiger partial charge in [0, 0.05) is 19.1 Å². The number of likely N-dealkylation sites (tertiary alicyclic amines) is 1. The van der Waals surface area contributed by atoms with Gasteiger partial charge in [-0.15, -0.1) is 0 Å². The lowest BCUT2D eigenvalue weighted by atomic mass is 10.1. The van der Waals surface area contributed by atoms with Crippen molar-refractivity contribution >= 4 is 10.0 Å². The Morgan fingerprint density at radius 3 is 2.60 bits per heavy atom. The molecule has 20 heavy (non-hydrogen) atoms. The zero-order valence-corrected chi connectivity index (χ0v) is 13.5. The fourth-order valence-electron chi connectivity index (χ4n) is 3.23. The summed E-state index contributed by atoms with van der Waals surface area (Å²) in [6.07, 6.45) is 5.58. The first kappa shape index (κ1) is 16.2. The normalized spacial score (nSPS) is 26.1. The summed E-state index contributed by atoms with van der Waals surface area (Å²) in [6, 6.07) is 0.457. The molecule has 0 amide bonds. The average molecular weight is 303 g/mol. The van der Waals surface area contributed by atoms with Gasteiger partial charge in [0.05, 0.1) is 5.75 Å². The summed E-state index contributed by atoms with van der Waals surface area (Å²) in [6.45, 7) is 7.46. The Balaban J connectivity index is 1.78. The first-order valence-corrected chi connectivity index (χ1v) is 9.67. The highest BCUT2D eigenvalue weighted by Gasteiger charge is 2.34. The maximum Gasteiger partial charge on any atom is 0.214 e. The molecular weight excluding hydrogens is 274 g/mol. The molecule has 0 aromatic carbocycles. The van der Waals surface area contributed by atoms with Gasteiger partial charge in [0.15, 0.2) is 0 Å². The summed E-state index contributed by atoms with van der Waals surface area (Å²) in [5.74, 6) is 0.284. The molecule has 1 unspecified atom stereocenters. The van der Waals surface area contributed by atoms with Crippen LogP contribution in [0.3, 0.4) is 0 Å². The van der Waals surface area contributed by atoms with E-state index in [0.717, 1.165) is 32.6 Å². The Morgan fingerprint density at radius 2 is 1.90 bits per heavy atom. The lowest BCUT2D eigenvalue weighted by molar-refractivity contribution is 0.169. The number of nitrogens with one attached hydrogen (secondary N) is 1. The van der Waals surface area contributed by atoms with Crippen LogP contribution in [0.5, 0.6) is 0 Å². The van der Waals surface area contributed by atoms with Crippen molar-refractivity contribution in [3.8, 4) is 0 Å². The lowest BCUT2D eigenvalue weighted by Crippen LogP contribution is -2.42. The molecule has 0 saturated carbocycles. The van der Waals surface area contributed by atoms with E-state index in [0.29, 0.717) is 25.6 Å². The first-order chi connectivity index (χ1) is 9.63. The van der Waals surface area contributed by atoms with E-state index in [2.05, 4.69) is 10.2 Å². The minimum Gasteiger partial charge on any atom is -0.317 e. The third kappa shape index (κ3) is 4.41. The number of rotatable bonds is 7. The highest BCUT2D eigenvalue weighted by atomic mass is 32.2. The highest BCUT2D eigenvalue weighted by molar-refractivity contribution is 7.89. The van der Waals surface area contributed by atoms with Crippen LogP contribution in [0, 0.1) is 0 Å². The van der Waals surface area contributed by atoms with Crippen LogP contribution in [0.1, 0.15) is 39.0 Å². The minimum atomic E-state index is -3.05. The second-order valence-electron chi connectivity index (χ2n) is 5.92. The molecule has 2 heterocycles. The quantitative estimate of drug-likeness (QED) is 0.709. The molecule has 2 rings (SSSR count). The van der Waals surface area contributed by atoms with Crippen LogP contribution in [-0.4, -0.2) is 68.7 Å². The number of nitrogens with zero attached hydrogens (tertiary/aromatic N) is 2. The summed E-state index contributed by atoms with van der Waals surface area (Å²) in [4.78, 5) is 2.50. The Bertz CT molecular complexity index is 380. The number of sulfonamides is 1. The van der Waals surface area contributed by atoms with Gasteiger partial charge in [0.2, 0.25) is 10.0 Å². The maximum atomic E-state index is 12.3. The predicted molar refractivity (Wildman–Crippen MR) is 82.3 cm³/mol. The van der Waals surface area contributed by atoms with Gasteiger partial charge in [-0.2, -0.15) is 0 Å². The zero-order valence-electron chi connectivity index (χ0n) is 12.7. The van der Waals surface area contributed by atoms with Gasteiger partial charge in [-0.05, 0) is 51.9 Å². The Hall–Kier alpha value is -0.170. The van der Waals surface area contributed by atoms with E-state index < -0.39 is 10.0 Å². The second kappa shape index (κ2) is 7.73. The second-order valence-corrected chi connectivity index (χ2v) is 8.01. The van der Waals surface area contributed by atoms with Crippen molar-refractivity contribution in [2.24, 2.45) is 0 Å². The lowest BCUT2D eigenvalue weighted by Gasteiger charge is -2.32. The van der Waals surface area contributed by atoms with Crippen molar-refractivity contribution in [3.05, 3.63) is 0 Å². The SMILES string of the molecule is CCNCCCS(=O)(=O)N1CCC(N2CCCCC2)C1. The highest BCUT2D eigenvalue weighted by Crippen LogP contribution is 2.22. The van der Waals surface area contributed by atoms with Gasteiger partial charge < -0.3 is 5.32 Å². The molecule has 2 saturated heterocycles. The molecule has 5 nitrogen and oxygen atoms in total. The van der Waals surface area contributed by atoms with Crippen molar-refractivity contribution in [2.75, 3.05) is 45.0 Å². The maximum absolute atomic E-state index is 12.3. The van der Waals surface area contributed by atoms with Crippen LogP contribution in [0.25, 0.3) is 0 Å². The molecule has 0 spiro atoms. The molecule has 0 aromatic rings. The van der Waals surface area contributed by atoms with E-state index >= 15 is 0 Å². The molecule has 2 fully saturated rings. The van der Waals surface area contributed by atoms with E-state index in [9.17, 15) is 8.42 Å². The van der Waals surface area contributed by atoms with Crippen molar-refractivity contribution in [1.82, 2.24) is 14.5 Å². The molecular formula is C14H29N3O2S. The zero-order chi connectivity index (χ0) is 14.4. The van der Waals surface area contributed by atoms with E-state index in [4.69, 9.17) is 0 Å². The van der Waals surface area contributed by atoms with Gasteiger partial charge >= 0.3 is 0 Å². The number of hydrogen-bond donors (Lipinski definition) is 1. The van der Waals surface area contributed by atoms with Crippen LogP contribution >= 0.6 is 0 Å². The molecule has 6 heteroatoms. The molecule has 2 aliphatic rings. The minimum absolute atomic E-state index is 0.284. The largest absolute Gasteiger partial charge is 0.317 e. The van der Waals surface area contributed by atoms with E-state index in [1.54, 1.807) is 4.31 Å². The Labute approximate surface area is 123 Å². The molecule has 0 bridgehead atoms. The topological polar surface area (TPSA) is 52.7 Å². The third-order valence-corrected chi connectivity index (χ3v) is 6.36. The van der Waals surface area contributed by atoms with Gasteiger partial charge in [0.25, 0.3) is 0 Å². The molecule has 0 aromatic heterocycles. The van der Waals surface area contributed by atoms with Crippen LogP contribution in [0.2, 0.25) is 0 Å². The summed E-state index contributed by atoms with van der Waals surface area (Å²) < 4.78 is 26.3. The fourth-order valence-corrected chi connectivity index (χ4v) is 4.78. The molecule has 1 N–H and O–H groups in total. The van der Waals surface area contributed by atoms with Gasteiger partial charge in [0.1, 0.15) is 0 Å². The smallest absolute Gasteiger partial charge is 0.214 e. The predicted octanol–water partition coefficient (Wildman–Crippen LogP) is 0.876. The standard InChI is InChI=1S/C14H29N3O2S/c1-2-15-8-6-12-20(18,19)17-11-7-14(13-17)16-9-4-3-5-10-16/h14-15H,2-13H2,1H3. The van der Waals surface area contributed by atoms with Crippen molar-refractivity contribution < 1.29 is 8.42 Å². The van der Waals surface area contributed by atoms with Crippen molar-refractivity contribution in [3.63, 3.8) is 0 Å². The Kier molecular flexibility index (Phi) is 6.26. The van der Waals surface area contributed by atoms with Crippen molar-refractivity contribution in [2.45, 2.75) is 45.1 Å². The van der Waals surface area contributed by atoms with Gasteiger partial charge in [-0.25, -0.2) is 12.7 Å². The average Bonchev–Trinajstić information content (AvgIpc) is 2.95. The number of piperidine rings is 1. The van der Waals surface area contributed by atoms with E-state index in [1.807, 2.05) is 6.92 Å².